The first kappa shape index (κ1) is 22.5. The van der Waals surface area contributed by atoms with Crippen molar-refractivity contribution in [1.29, 1.82) is 0 Å². The first-order chi connectivity index (χ1) is 15.0. The first-order valence-electron chi connectivity index (χ1n) is 11.3. The lowest BCUT2D eigenvalue weighted by atomic mass is 9.74. The molecule has 4 nitrogen and oxygen atoms in total. The van der Waals surface area contributed by atoms with Gasteiger partial charge < -0.3 is 19.3 Å². The number of likely N-dealkylation sites (N-methyl/N-ethyl adjacent to an activating group) is 1. The smallest absolute Gasteiger partial charge is 0.128 e. The van der Waals surface area contributed by atoms with E-state index in [2.05, 4.69) is 16.8 Å². The normalized spacial score (nSPS) is 27.5. The Morgan fingerprint density at radius 1 is 1.19 bits per heavy atom. The topological polar surface area (TPSA) is 39.9 Å². The minimum Gasteiger partial charge on any atom is -0.465 e. The van der Waals surface area contributed by atoms with Crippen LogP contribution in [0.5, 0.6) is 0 Å². The van der Waals surface area contributed by atoms with E-state index in [-0.39, 0.29) is 18.2 Å². The lowest BCUT2D eigenvalue weighted by Gasteiger charge is -2.42. The van der Waals surface area contributed by atoms with Gasteiger partial charge in [-0.15, -0.1) is 0 Å². The predicted molar refractivity (Wildman–Crippen MR) is 123 cm³/mol. The van der Waals surface area contributed by atoms with Crippen LogP contribution in [0.1, 0.15) is 37.0 Å². The van der Waals surface area contributed by atoms with Crippen molar-refractivity contribution in [3.8, 4) is 0 Å². The molecule has 2 atom stereocenters. The summed E-state index contributed by atoms with van der Waals surface area (Å²) in [6.45, 7) is 4.83. The average Bonchev–Trinajstić information content (AvgIpc) is 3.21. The third kappa shape index (κ3) is 5.23. The monoisotopic (exact) mass is 446 g/mol. The van der Waals surface area contributed by atoms with Gasteiger partial charge in [-0.25, -0.2) is 4.39 Å². The van der Waals surface area contributed by atoms with Gasteiger partial charge in [0.15, 0.2) is 0 Å². The number of piperazine rings is 1. The quantitative estimate of drug-likeness (QED) is 0.665. The number of hydrogen-bond donors (Lipinski definition) is 1. The van der Waals surface area contributed by atoms with Crippen molar-refractivity contribution in [2.45, 2.75) is 37.7 Å². The van der Waals surface area contributed by atoms with Gasteiger partial charge in [0.05, 0.1) is 11.9 Å². The minimum atomic E-state index is -1.18. The highest BCUT2D eigenvalue weighted by Crippen LogP contribution is 2.42. The molecule has 4 rings (SSSR count). The van der Waals surface area contributed by atoms with Crippen molar-refractivity contribution in [1.82, 2.24) is 9.80 Å². The Balaban J connectivity index is 1.70. The zero-order valence-corrected chi connectivity index (χ0v) is 19.0. The molecular weight excluding hydrogens is 415 g/mol. The van der Waals surface area contributed by atoms with Crippen molar-refractivity contribution in [3.63, 3.8) is 0 Å². The largest absolute Gasteiger partial charge is 0.465 e. The molecule has 2 unspecified atom stereocenters. The van der Waals surface area contributed by atoms with E-state index >= 15 is 0 Å². The molecule has 0 bridgehead atoms. The number of rotatable bonds is 5. The fourth-order valence-corrected chi connectivity index (χ4v) is 5.21. The summed E-state index contributed by atoms with van der Waals surface area (Å²) in [5.74, 6) is 0.351. The van der Waals surface area contributed by atoms with Crippen LogP contribution in [-0.2, 0) is 6.42 Å². The molecule has 1 N–H and O–H groups in total. The first-order valence-corrected chi connectivity index (χ1v) is 11.6. The van der Waals surface area contributed by atoms with Crippen LogP contribution in [0.15, 0.2) is 46.6 Å². The number of halogens is 2. The van der Waals surface area contributed by atoms with E-state index in [0.29, 0.717) is 16.3 Å². The van der Waals surface area contributed by atoms with Crippen LogP contribution in [0.2, 0.25) is 5.02 Å². The van der Waals surface area contributed by atoms with Crippen LogP contribution in [0.4, 0.5) is 4.39 Å². The molecule has 0 radical (unpaired) electrons. The zero-order valence-electron chi connectivity index (χ0n) is 18.2. The van der Waals surface area contributed by atoms with E-state index in [1.54, 1.807) is 18.4 Å². The summed E-state index contributed by atoms with van der Waals surface area (Å²) in [6.07, 6.45) is 7.48. The van der Waals surface area contributed by atoms with E-state index < -0.39 is 5.60 Å². The Labute approximate surface area is 189 Å². The van der Waals surface area contributed by atoms with Gasteiger partial charge in [-0.05, 0) is 62.2 Å². The second kappa shape index (κ2) is 9.86. The Hall–Kier alpha value is -1.66. The zero-order chi connectivity index (χ0) is 21.8. The lowest BCUT2D eigenvalue weighted by Crippen LogP contribution is -2.51. The Morgan fingerprint density at radius 3 is 2.71 bits per heavy atom. The average molecular weight is 447 g/mol. The van der Waals surface area contributed by atoms with Gasteiger partial charge in [-0.2, -0.15) is 0 Å². The van der Waals surface area contributed by atoms with E-state index in [4.69, 9.17) is 16.0 Å². The maximum Gasteiger partial charge on any atom is 0.128 e. The fraction of sp³-hybridized carbons (Fsp3) is 0.520. The maximum absolute atomic E-state index is 14.8. The highest BCUT2D eigenvalue weighted by molar-refractivity contribution is 6.31. The summed E-state index contributed by atoms with van der Waals surface area (Å²) >= 11 is 6.39. The SMILES string of the molecule is CN1CCN(CC2CCCC/C(=C/c3ccco3)C2(O)Cc2c(F)cccc2Cl)CC1. The van der Waals surface area contributed by atoms with E-state index in [9.17, 15) is 9.50 Å². The molecule has 2 aromatic rings. The number of nitrogens with zero attached hydrogens (tertiary/aromatic N) is 2. The standard InChI is InChI=1S/C25H32ClFN2O2/c1-28-11-13-29(14-12-28)18-20-7-3-2-6-19(16-21-8-5-15-31-21)25(20,30)17-22-23(26)9-4-10-24(22)27/h4-5,8-10,15-16,20,30H,2-3,6-7,11-14,17-18H2,1H3/b19-16-. The molecule has 0 amide bonds. The van der Waals surface area contributed by atoms with Crippen LogP contribution >= 0.6 is 11.6 Å². The number of furan rings is 1. The number of aliphatic hydroxyl groups is 1. The van der Waals surface area contributed by atoms with Crippen molar-refractivity contribution >= 4 is 17.7 Å². The Bertz CT molecular complexity index is 873. The summed E-state index contributed by atoms with van der Waals surface area (Å²) < 4.78 is 20.3. The summed E-state index contributed by atoms with van der Waals surface area (Å²) in [5, 5.41) is 12.7. The van der Waals surface area contributed by atoms with Crippen LogP contribution in [0.25, 0.3) is 6.08 Å². The molecule has 2 fully saturated rings. The molecule has 0 spiro atoms. The molecule has 2 heterocycles. The number of benzene rings is 1. The molecule has 1 saturated carbocycles. The highest BCUT2D eigenvalue weighted by atomic mass is 35.5. The lowest BCUT2D eigenvalue weighted by molar-refractivity contribution is -0.00702. The molecule has 1 aliphatic heterocycles. The van der Waals surface area contributed by atoms with Crippen LogP contribution in [-0.4, -0.2) is 60.3 Å². The van der Waals surface area contributed by atoms with Crippen molar-refractivity contribution in [2.75, 3.05) is 39.8 Å². The molecule has 1 aromatic heterocycles. The van der Waals surface area contributed by atoms with E-state index in [1.165, 1.54) is 6.07 Å². The molecule has 31 heavy (non-hydrogen) atoms. The molecule has 1 saturated heterocycles. The van der Waals surface area contributed by atoms with Gasteiger partial charge in [0.2, 0.25) is 0 Å². The summed E-state index contributed by atoms with van der Waals surface area (Å²) in [4.78, 5) is 4.77. The van der Waals surface area contributed by atoms with Crippen molar-refractivity contribution in [3.05, 3.63) is 64.3 Å². The second-order valence-electron chi connectivity index (χ2n) is 9.03. The molecular formula is C25H32ClFN2O2. The van der Waals surface area contributed by atoms with Gasteiger partial charge in [-0.3, -0.25) is 0 Å². The second-order valence-corrected chi connectivity index (χ2v) is 9.44. The number of hydrogen-bond acceptors (Lipinski definition) is 4. The molecule has 2 aliphatic rings. The summed E-state index contributed by atoms with van der Waals surface area (Å²) in [7, 11) is 2.14. The third-order valence-corrected chi connectivity index (χ3v) is 7.28. The van der Waals surface area contributed by atoms with E-state index in [1.807, 2.05) is 18.2 Å². The maximum atomic E-state index is 14.8. The molecule has 1 aromatic carbocycles. The van der Waals surface area contributed by atoms with Crippen LogP contribution < -0.4 is 0 Å². The van der Waals surface area contributed by atoms with Gasteiger partial charge in [0.1, 0.15) is 11.6 Å². The highest BCUT2D eigenvalue weighted by Gasteiger charge is 2.43. The van der Waals surface area contributed by atoms with Crippen molar-refractivity contribution in [2.24, 2.45) is 5.92 Å². The third-order valence-electron chi connectivity index (χ3n) is 6.92. The van der Waals surface area contributed by atoms with Crippen molar-refractivity contribution < 1.29 is 13.9 Å². The van der Waals surface area contributed by atoms with Crippen LogP contribution in [0.3, 0.4) is 0 Å². The van der Waals surface area contributed by atoms with Gasteiger partial charge in [0.25, 0.3) is 0 Å². The van der Waals surface area contributed by atoms with Gasteiger partial charge in [0, 0.05) is 55.6 Å². The molecule has 168 valence electrons. The molecule has 1 aliphatic carbocycles. The molecule has 6 heteroatoms. The fourth-order valence-electron chi connectivity index (χ4n) is 4.98. The van der Waals surface area contributed by atoms with Gasteiger partial charge >= 0.3 is 0 Å². The minimum absolute atomic E-state index is 0.00436. The Morgan fingerprint density at radius 2 is 2.00 bits per heavy atom. The predicted octanol–water partition coefficient (Wildman–Crippen LogP) is 4.87. The van der Waals surface area contributed by atoms with E-state index in [0.717, 1.165) is 64.0 Å². The van der Waals surface area contributed by atoms with Gasteiger partial charge in [-0.1, -0.05) is 24.1 Å². The summed E-state index contributed by atoms with van der Waals surface area (Å²) in [6, 6.07) is 8.47. The Kier molecular flexibility index (Phi) is 7.17. The summed E-state index contributed by atoms with van der Waals surface area (Å²) in [5.41, 5.74) is 0.124. The van der Waals surface area contributed by atoms with Crippen LogP contribution in [0, 0.1) is 11.7 Å².